The second-order valence-electron chi connectivity index (χ2n) is 6.07. The van der Waals surface area contributed by atoms with Crippen LogP contribution < -0.4 is 5.32 Å². The van der Waals surface area contributed by atoms with E-state index >= 15 is 0 Å². The highest BCUT2D eigenvalue weighted by molar-refractivity contribution is 5.79. The summed E-state index contributed by atoms with van der Waals surface area (Å²) in [5, 5.41) is 12.8. The van der Waals surface area contributed by atoms with Crippen LogP contribution in [0, 0.1) is 5.41 Å². The highest BCUT2D eigenvalue weighted by Crippen LogP contribution is 2.43. The first-order valence-electron chi connectivity index (χ1n) is 6.46. The van der Waals surface area contributed by atoms with Gasteiger partial charge in [0.2, 0.25) is 0 Å². The molecule has 0 aromatic heterocycles. The fraction of sp³-hybridized carbons (Fsp3) is 0.533. The Morgan fingerprint density at radius 3 is 2.44 bits per heavy atom. The molecule has 0 saturated heterocycles. The molecular formula is C15H21NO2. The summed E-state index contributed by atoms with van der Waals surface area (Å²) >= 11 is 0. The second kappa shape index (κ2) is 4.73. The van der Waals surface area contributed by atoms with Gasteiger partial charge in [0.25, 0.3) is 0 Å². The predicted octanol–water partition coefficient (Wildman–Crippen LogP) is 2.81. The topological polar surface area (TPSA) is 49.3 Å². The minimum atomic E-state index is -0.751. The summed E-state index contributed by atoms with van der Waals surface area (Å²) in [4.78, 5) is 11.6. The Morgan fingerprint density at radius 2 is 1.94 bits per heavy atom. The van der Waals surface area contributed by atoms with E-state index in [1.165, 1.54) is 0 Å². The molecule has 0 spiro atoms. The Morgan fingerprint density at radius 1 is 1.28 bits per heavy atom. The van der Waals surface area contributed by atoms with E-state index in [4.69, 9.17) is 0 Å². The van der Waals surface area contributed by atoms with Gasteiger partial charge in [-0.3, -0.25) is 10.1 Å². The molecule has 2 rings (SSSR count). The molecule has 1 aliphatic rings. The minimum absolute atomic E-state index is 0.113. The maximum atomic E-state index is 11.6. The van der Waals surface area contributed by atoms with Crippen LogP contribution in [0.3, 0.4) is 0 Å². The van der Waals surface area contributed by atoms with Crippen molar-refractivity contribution in [2.75, 3.05) is 0 Å². The number of carboxylic acids is 1. The van der Waals surface area contributed by atoms with Gasteiger partial charge in [0, 0.05) is 6.54 Å². The van der Waals surface area contributed by atoms with Gasteiger partial charge in [0.05, 0.1) is 0 Å². The summed E-state index contributed by atoms with van der Waals surface area (Å²) in [6.07, 6.45) is 2.37. The Hall–Kier alpha value is -1.35. The molecule has 0 aliphatic heterocycles. The average Bonchev–Trinajstić information content (AvgIpc) is 2.65. The summed E-state index contributed by atoms with van der Waals surface area (Å²) < 4.78 is 0. The first-order valence-corrected chi connectivity index (χ1v) is 6.46. The van der Waals surface area contributed by atoms with E-state index in [2.05, 4.69) is 19.2 Å². The van der Waals surface area contributed by atoms with E-state index in [9.17, 15) is 9.90 Å². The lowest BCUT2D eigenvalue weighted by Crippen LogP contribution is -2.50. The number of nitrogens with one attached hydrogen (secondary N) is 1. The summed E-state index contributed by atoms with van der Waals surface area (Å²) in [5.74, 6) is -0.719. The van der Waals surface area contributed by atoms with E-state index in [1.807, 2.05) is 30.3 Å². The van der Waals surface area contributed by atoms with Gasteiger partial charge in [0.1, 0.15) is 5.54 Å². The van der Waals surface area contributed by atoms with Crippen LogP contribution in [-0.4, -0.2) is 16.6 Å². The van der Waals surface area contributed by atoms with Gasteiger partial charge in [-0.15, -0.1) is 0 Å². The van der Waals surface area contributed by atoms with Crippen molar-refractivity contribution < 1.29 is 9.90 Å². The Kier molecular flexibility index (Phi) is 3.44. The third kappa shape index (κ3) is 2.72. The number of carboxylic acid groups (broad SMARTS) is 1. The average molecular weight is 247 g/mol. The number of hydrogen-bond donors (Lipinski definition) is 2. The molecule has 1 aromatic carbocycles. The van der Waals surface area contributed by atoms with Gasteiger partial charge < -0.3 is 5.11 Å². The molecule has 18 heavy (non-hydrogen) atoms. The minimum Gasteiger partial charge on any atom is -0.480 e. The van der Waals surface area contributed by atoms with Crippen LogP contribution in [0.25, 0.3) is 0 Å². The van der Waals surface area contributed by atoms with Crippen LogP contribution in [0.2, 0.25) is 0 Å². The van der Waals surface area contributed by atoms with Crippen molar-refractivity contribution in [2.45, 2.75) is 45.2 Å². The first-order chi connectivity index (χ1) is 8.44. The Bertz CT molecular complexity index is 427. The van der Waals surface area contributed by atoms with E-state index in [0.29, 0.717) is 19.4 Å². The smallest absolute Gasteiger partial charge is 0.323 e. The predicted molar refractivity (Wildman–Crippen MR) is 71.3 cm³/mol. The summed E-state index contributed by atoms with van der Waals surface area (Å²) in [6.45, 7) is 4.90. The van der Waals surface area contributed by atoms with E-state index < -0.39 is 11.5 Å². The zero-order chi connectivity index (χ0) is 13.2. The van der Waals surface area contributed by atoms with Crippen LogP contribution in [0.4, 0.5) is 0 Å². The van der Waals surface area contributed by atoms with Crippen molar-refractivity contribution in [2.24, 2.45) is 5.41 Å². The largest absolute Gasteiger partial charge is 0.480 e. The molecule has 0 radical (unpaired) electrons. The first kappa shape index (κ1) is 13.1. The molecule has 0 amide bonds. The van der Waals surface area contributed by atoms with Gasteiger partial charge >= 0.3 is 5.97 Å². The number of carbonyl (C=O) groups is 1. The van der Waals surface area contributed by atoms with Gasteiger partial charge in [-0.05, 0) is 30.2 Å². The fourth-order valence-electron chi connectivity index (χ4n) is 2.82. The standard InChI is InChI=1S/C15H21NO2/c1-14(2)8-9-15(11-14,13(17)18)16-10-12-6-4-3-5-7-12/h3-7,16H,8-11H2,1-2H3,(H,17,18). The zero-order valence-corrected chi connectivity index (χ0v) is 11.1. The Balaban J connectivity index is 2.07. The van der Waals surface area contributed by atoms with Crippen molar-refractivity contribution in [3.63, 3.8) is 0 Å². The van der Waals surface area contributed by atoms with Gasteiger partial charge in [-0.2, -0.15) is 0 Å². The van der Waals surface area contributed by atoms with Gasteiger partial charge in [0.15, 0.2) is 0 Å². The van der Waals surface area contributed by atoms with E-state index in [0.717, 1.165) is 12.0 Å². The second-order valence-corrected chi connectivity index (χ2v) is 6.07. The van der Waals surface area contributed by atoms with Crippen molar-refractivity contribution in [3.05, 3.63) is 35.9 Å². The van der Waals surface area contributed by atoms with Crippen LogP contribution >= 0.6 is 0 Å². The molecule has 1 aliphatic carbocycles. The van der Waals surface area contributed by atoms with E-state index in [-0.39, 0.29) is 5.41 Å². The molecule has 1 aromatic rings. The number of hydrogen-bond acceptors (Lipinski definition) is 2. The third-order valence-electron chi connectivity index (χ3n) is 3.89. The van der Waals surface area contributed by atoms with Crippen LogP contribution in [0.15, 0.2) is 30.3 Å². The highest BCUT2D eigenvalue weighted by atomic mass is 16.4. The van der Waals surface area contributed by atoms with Gasteiger partial charge in [-0.25, -0.2) is 0 Å². The lowest BCUT2D eigenvalue weighted by Gasteiger charge is -2.28. The summed E-state index contributed by atoms with van der Waals surface area (Å²) in [5.41, 5.74) is 0.490. The van der Waals surface area contributed by atoms with Crippen LogP contribution in [-0.2, 0) is 11.3 Å². The molecule has 1 unspecified atom stereocenters. The van der Waals surface area contributed by atoms with Crippen molar-refractivity contribution in [1.82, 2.24) is 5.32 Å². The Labute approximate surface area is 108 Å². The van der Waals surface area contributed by atoms with E-state index in [1.54, 1.807) is 0 Å². The quantitative estimate of drug-likeness (QED) is 0.860. The molecule has 1 saturated carbocycles. The van der Waals surface area contributed by atoms with Crippen molar-refractivity contribution in [1.29, 1.82) is 0 Å². The monoisotopic (exact) mass is 247 g/mol. The lowest BCUT2D eigenvalue weighted by atomic mass is 9.87. The lowest BCUT2D eigenvalue weighted by molar-refractivity contribution is -0.145. The van der Waals surface area contributed by atoms with Crippen molar-refractivity contribution >= 4 is 5.97 Å². The van der Waals surface area contributed by atoms with Crippen LogP contribution in [0.1, 0.15) is 38.7 Å². The highest BCUT2D eigenvalue weighted by Gasteiger charge is 2.48. The SMILES string of the molecule is CC1(C)CCC(NCc2ccccc2)(C(=O)O)C1. The molecule has 3 nitrogen and oxygen atoms in total. The molecule has 1 fully saturated rings. The zero-order valence-electron chi connectivity index (χ0n) is 11.1. The number of rotatable bonds is 4. The number of aliphatic carboxylic acids is 1. The summed E-state index contributed by atoms with van der Waals surface area (Å²) in [7, 11) is 0. The fourth-order valence-corrected chi connectivity index (χ4v) is 2.82. The normalized spacial score (nSPS) is 26.1. The van der Waals surface area contributed by atoms with Crippen molar-refractivity contribution in [3.8, 4) is 0 Å². The molecule has 98 valence electrons. The molecule has 0 bridgehead atoms. The third-order valence-corrected chi connectivity index (χ3v) is 3.89. The molecule has 0 heterocycles. The van der Waals surface area contributed by atoms with Gasteiger partial charge in [-0.1, -0.05) is 44.2 Å². The maximum absolute atomic E-state index is 11.6. The van der Waals surface area contributed by atoms with Crippen LogP contribution in [0.5, 0.6) is 0 Å². The molecule has 2 N–H and O–H groups in total. The number of benzene rings is 1. The molecular weight excluding hydrogens is 226 g/mol. The maximum Gasteiger partial charge on any atom is 0.323 e. The summed E-state index contributed by atoms with van der Waals surface area (Å²) in [6, 6.07) is 9.95. The molecule has 3 heteroatoms. The molecule has 1 atom stereocenters.